The zero-order valence-corrected chi connectivity index (χ0v) is 23.6. The van der Waals surface area contributed by atoms with Crippen molar-refractivity contribution in [2.75, 3.05) is 24.2 Å². The standard InChI is InChI=1S/C31H34N4O5S/c1-35-19-23(22-12-14-25(15-13-22)33-31(41)32-24-5-3-2-4-6-24)18-27(35)29(38)34-26(30(39)40)17-21-9-7-20(8-10-21)11-16-28(36)37/h2-10,12-15,23,26-27H,11,16-19H2,1H3,(H,34,38)(H,36,37)(H,39,40)(H2,32,33,41). The van der Waals surface area contributed by atoms with Crippen molar-refractivity contribution in [3.8, 4) is 0 Å². The van der Waals surface area contributed by atoms with Crippen LogP contribution < -0.4 is 16.0 Å². The van der Waals surface area contributed by atoms with Gasteiger partial charge >= 0.3 is 11.9 Å². The number of rotatable bonds is 11. The van der Waals surface area contributed by atoms with E-state index in [-0.39, 0.29) is 24.7 Å². The lowest BCUT2D eigenvalue weighted by molar-refractivity contribution is -0.142. The molecule has 0 aliphatic carbocycles. The van der Waals surface area contributed by atoms with Crippen LogP contribution in [0.5, 0.6) is 0 Å². The third kappa shape index (κ3) is 8.60. The predicted octanol–water partition coefficient (Wildman–Crippen LogP) is 4.11. The smallest absolute Gasteiger partial charge is 0.326 e. The summed E-state index contributed by atoms with van der Waals surface area (Å²) in [5.74, 6) is -2.15. The van der Waals surface area contributed by atoms with Gasteiger partial charge in [0.05, 0.1) is 6.04 Å². The van der Waals surface area contributed by atoms with Crippen molar-refractivity contribution in [1.29, 1.82) is 0 Å². The number of hydrogen-bond acceptors (Lipinski definition) is 5. The third-order valence-corrected chi connectivity index (χ3v) is 7.43. The van der Waals surface area contributed by atoms with E-state index in [1.807, 2.05) is 66.5 Å². The number of hydrogen-bond donors (Lipinski definition) is 5. The van der Waals surface area contributed by atoms with Crippen LogP contribution in [0, 0.1) is 0 Å². The first-order chi connectivity index (χ1) is 19.7. The Hall–Kier alpha value is -4.28. The number of likely N-dealkylation sites (tertiary alicyclic amines) is 1. The molecule has 3 atom stereocenters. The van der Waals surface area contributed by atoms with E-state index in [0.29, 0.717) is 24.5 Å². The van der Waals surface area contributed by atoms with Gasteiger partial charge in [-0.2, -0.15) is 0 Å². The summed E-state index contributed by atoms with van der Waals surface area (Å²) < 4.78 is 0. The molecule has 1 amide bonds. The summed E-state index contributed by atoms with van der Waals surface area (Å²) in [6, 6.07) is 23.2. The molecule has 9 nitrogen and oxygen atoms in total. The average Bonchev–Trinajstić information content (AvgIpc) is 3.34. The molecule has 41 heavy (non-hydrogen) atoms. The van der Waals surface area contributed by atoms with E-state index in [0.717, 1.165) is 28.1 Å². The Morgan fingerprint density at radius 1 is 0.902 bits per heavy atom. The monoisotopic (exact) mass is 574 g/mol. The largest absolute Gasteiger partial charge is 0.481 e. The molecule has 10 heteroatoms. The van der Waals surface area contributed by atoms with Gasteiger partial charge in [0.25, 0.3) is 0 Å². The summed E-state index contributed by atoms with van der Waals surface area (Å²) in [6.45, 7) is 0.675. The van der Waals surface area contributed by atoms with Gasteiger partial charge in [0.2, 0.25) is 5.91 Å². The average molecular weight is 575 g/mol. The number of nitrogens with zero attached hydrogens (tertiary/aromatic N) is 1. The number of carboxylic acid groups (broad SMARTS) is 2. The maximum absolute atomic E-state index is 13.2. The second-order valence-corrected chi connectivity index (χ2v) is 10.7. The maximum Gasteiger partial charge on any atom is 0.326 e. The molecular weight excluding hydrogens is 540 g/mol. The molecule has 5 N–H and O–H groups in total. The molecule has 0 spiro atoms. The fraction of sp³-hybridized carbons (Fsp3) is 0.290. The number of nitrogens with one attached hydrogen (secondary N) is 3. The zero-order chi connectivity index (χ0) is 29.4. The number of thiocarbonyl (C=S) groups is 1. The highest BCUT2D eigenvalue weighted by Crippen LogP contribution is 2.31. The van der Waals surface area contributed by atoms with Crippen molar-refractivity contribution in [2.24, 2.45) is 0 Å². The maximum atomic E-state index is 13.2. The van der Waals surface area contributed by atoms with Crippen molar-refractivity contribution in [1.82, 2.24) is 10.2 Å². The molecule has 1 saturated heterocycles. The van der Waals surface area contributed by atoms with Gasteiger partial charge in [-0.25, -0.2) is 4.79 Å². The van der Waals surface area contributed by atoms with Crippen LogP contribution in [0.1, 0.15) is 35.4 Å². The van der Waals surface area contributed by atoms with E-state index in [4.69, 9.17) is 17.3 Å². The van der Waals surface area contributed by atoms with E-state index >= 15 is 0 Å². The number of anilines is 2. The van der Waals surface area contributed by atoms with E-state index in [1.165, 1.54) is 0 Å². The number of carboxylic acids is 2. The highest BCUT2D eigenvalue weighted by Gasteiger charge is 2.36. The van der Waals surface area contributed by atoms with Crippen LogP contribution in [0.2, 0.25) is 0 Å². The van der Waals surface area contributed by atoms with Crippen molar-refractivity contribution < 1.29 is 24.6 Å². The number of aliphatic carboxylic acids is 2. The van der Waals surface area contributed by atoms with Crippen LogP contribution in [-0.4, -0.2) is 63.7 Å². The Morgan fingerprint density at radius 3 is 2.12 bits per heavy atom. The van der Waals surface area contributed by atoms with Crippen molar-refractivity contribution in [3.63, 3.8) is 0 Å². The molecule has 0 bridgehead atoms. The Balaban J connectivity index is 1.31. The molecule has 0 radical (unpaired) electrons. The van der Waals surface area contributed by atoms with Gasteiger partial charge in [-0.1, -0.05) is 54.6 Å². The minimum absolute atomic E-state index is 0.0321. The summed E-state index contributed by atoms with van der Waals surface area (Å²) >= 11 is 5.40. The first-order valence-electron chi connectivity index (χ1n) is 13.4. The van der Waals surface area contributed by atoms with Gasteiger partial charge in [0.1, 0.15) is 6.04 Å². The highest BCUT2D eigenvalue weighted by molar-refractivity contribution is 7.80. The molecule has 214 valence electrons. The second kappa shape index (κ2) is 13.9. The van der Waals surface area contributed by atoms with Gasteiger partial charge in [-0.3, -0.25) is 14.5 Å². The molecule has 3 aromatic rings. The molecule has 0 saturated carbocycles. The van der Waals surface area contributed by atoms with Crippen LogP contribution in [0.15, 0.2) is 78.9 Å². The summed E-state index contributed by atoms with van der Waals surface area (Å²) in [4.78, 5) is 37.9. The molecule has 1 fully saturated rings. The minimum atomic E-state index is -1.10. The molecule has 4 rings (SSSR count). The topological polar surface area (TPSA) is 131 Å². The molecule has 1 aliphatic rings. The van der Waals surface area contributed by atoms with Crippen LogP contribution in [0.25, 0.3) is 0 Å². The van der Waals surface area contributed by atoms with Gasteiger partial charge in [0, 0.05) is 30.8 Å². The number of para-hydroxylation sites is 1. The van der Waals surface area contributed by atoms with Crippen molar-refractivity contribution in [2.45, 2.75) is 43.7 Å². The fourth-order valence-electron chi connectivity index (χ4n) is 5.00. The van der Waals surface area contributed by atoms with E-state index in [2.05, 4.69) is 16.0 Å². The molecule has 3 aromatic carbocycles. The lowest BCUT2D eigenvalue weighted by Crippen LogP contribution is -2.49. The number of aryl methyl sites for hydroxylation is 1. The van der Waals surface area contributed by atoms with Crippen LogP contribution in [0.4, 0.5) is 11.4 Å². The lowest BCUT2D eigenvalue weighted by atomic mass is 9.95. The van der Waals surface area contributed by atoms with Crippen LogP contribution >= 0.6 is 12.2 Å². The number of benzene rings is 3. The lowest BCUT2D eigenvalue weighted by Gasteiger charge is -2.22. The normalized spacial score (nSPS) is 17.4. The van der Waals surface area contributed by atoms with E-state index < -0.39 is 24.0 Å². The molecular formula is C31H34N4O5S. The Kier molecular flexibility index (Phi) is 10.0. The van der Waals surface area contributed by atoms with E-state index in [9.17, 15) is 19.5 Å². The third-order valence-electron chi connectivity index (χ3n) is 7.23. The van der Waals surface area contributed by atoms with Crippen molar-refractivity contribution >= 4 is 46.6 Å². The van der Waals surface area contributed by atoms with Crippen LogP contribution in [0.3, 0.4) is 0 Å². The van der Waals surface area contributed by atoms with Gasteiger partial charge < -0.3 is 26.2 Å². The fourth-order valence-corrected chi connectivity index (χ4v) is 5.23. The Morgan fingerprint density at radius 2 is 1.51 bits per heavy atom. The predicted molar refractivity (Wildman–Crippen MR) is 162 cm³/mol. The Labute approximate surface area is 244 Å². The summed E-state index contributed by atoms with van der Waals surface area (Å²) in [7, 11) is 1.87. The first kappa shape index (κ1) is 29.7. The second-order valence-electron chi connectivity index (χ2n) is 10.3. The van der Waals surface area contributed by atoms with Gasteiger partial charge in [0.15, 0.2) is 5.11 Å². The van der Waals surface area contributed by atoms with Crippen LogP contribution in [-0.2, 0) is 27.2 Å². The molecule has 1 heterocycles. The number of likely N-dealkylation sites (N-methyl/N-ethyl adjacent to an activating group) is 1. The number of carbonyl (C=O) groups excluding carboxylic acids is 1. The van der Waals surface area contributed by atoms with E-state index in [1.54, 1.807) is 24.3 Å². The quantitative estimate of drug-likeness (QED) is 0.215. The summed E-state index contributed by atoms with van der Waals surface area (Å²) in [5.41, 5.74) is 4.46. The summed E-state index contributed by atoms with van der Waals surface area (Å²) in [6.07, 6.45) is 1.15. The molecule has 3 unspecified atom stereocenters. The summed E-state index contributed by atoms with van der Waals surface area (Å²) in [5, 5.41) is 28.2. The SMILES string of the molecule is CN1CC(c2ccc(NC(=S)Nc3ccccc3)cc2)CC1C(=O)NC(Cc1ccc(CCC(=O)O)cc1)C(=O)O. The van der Waals surface area contributed by atoms with Crippen molar-refractivity contribution in [3.05, 3.63) is 95.6 Å². The Bertz CT molecular complexity index is 1370. The highest BCUT2D eigenvalue weighted by atomic mass is 32.1. The number of amides is 1. The minimum Gasteiger partial charge on any atom is -0.481 e. The van der Waals surface area contributed by atoms with Gasteiger partial charge in [-0.15, -0.1) is 0 Å². The molecule has 0 aromatic heterocycles. The molecule has 1 aliphatic heterocycles. The first-order valence-corrected chi connectivity index (χ1v) is 13.8. The number of carbonyl (C=O) groups is 3. The van der Waals surface area contributed by atoms with Gasteiger partial charge in [-0.05, 0) is 79.0 Å². The zero-order valence-electron chi connectivity index (χ0n) is 22.7.